The minimum Gasteiger partial charge on any atom is -0.481 e. The topological polar surface area (TPSA) is 119 Å². The number of likely N-dealkylation sites (tertiary alicyclic amines) is 1. The number of benzene rings is 1. The van der Waals surface area contributed by atoms with Gasteiger partial charge < -0.3 is 10.0 Å². The number of carboxylic acid groups (broad SMARTS) is 1. The molecule has 9 heteroatoms. The molecule has 1 fully saturated rings. The molecular formula is C18H20N4O5. The Bertz CT molecular complexity index is 846. The standard InChI is InChI=1S/C18H20N4O5/c23-17(24)9-8-14-3-1-2-10-20(14)18(25)13-11-19-21(12-13)15-4-6-16(7-5-15)22(26)27/h4-7,11-12,14H,1-3,8-10H2,(H,23,24). The summed E-state index contributed by atoms with van der Waals surface area (Å²) in [5.74, 6) is -1.03. The average molecular weight is 372 g/mol. The Kier molecular flexibility index (Phi) is 5.49. The van der Waals surface area contributed by atoms with Gasteiger partial charge in [0.15, 0.2) is 0 Å². The minimum atomic E-state index is -0.862. The van der Waals surface area contributed by atoms with Crippen LogP contribution in [0.15, 0.2) is 36.7 Å². The van der Waals surface area contributed by atoms with E-state index in [0.29, 0.717) is 24.2 Å². The van der Waals surface area contributed by atoms with Crippen molar-refractivity contribution in [1.29, 1.82) is 0 Å². The van der Waals surface area contributed by atoms with E-state index in [2.05, 4.69) is 5.10 Å². The lowest BCUT2D eigenvalue weighted by Gasteiger charge is -2.35. The average Bonchev–Trinajstić information content (AvgIpc) is 3.16. The summed E-state index contributed by atoms with van der Waals surface area (Å²) in [5, 5.41) is 23.8. The van der Waals surface area contributed by atoms with Crippen molar-refractivity contribution in [2.24, 2.45) is 0 Å². The largest absolute Gasteiger partial charge is 0.481 e. The van der Waals surface area contributed by atoms with Crippen LogP contribution in [-0.2, 0) is 4.79 Å². The summed E-state index contributed by atoms with van der Waals surface area (Å²) in [4.78, 5) is 35.7. The lowest BCUT2D eigenvalue weighted by atomic mass is 9.97. The zero-order valence-corrected chi connectivity index (χ0v) is 14.7. The fourth-order valence-electron chi connectivity index (χ4n) is 3.33. The maximum Gasteiger partial charge on any atom is 0.303 e. The van der Waals surface area contributed by atoms with E-state index < -0.39 is 10.9 Å². The highest BCUT2D eigenvalue weighted by Gasteiger charge is 2.28. The second-order valence-corrected chi connectivity index (χ2v) is 6.53. The molecule has 1 aromatic carbocycles. The molecule has 1 aromatic heterocycles. The van der Waals surface area contributed by atoms with Crippen LogP contribution in [0.4, 0.5) is 5.69 Å². The van der Waals surface area contributed by atoms with E-state index in [1.807, 2.05) is 0 Å². The van der Waals surface area contributed by atoms with Gasteiger partial charge in [0.25, 0.3) is 11.6 Å². The number of nitro benzene ring substituents is 1. The number of rotatable bonds is 6. The van der Waals surface area contributed by atoms with Crippen LogP contribution in [0, 0.1) is 10.1 Å². The molecule has 1 aliphatic rings. The van der Waals surface area contributed by atoms with E-state index in [-0.39, 0.29) is 24.1 Å². The normalized spacial score (nSPS) is 16.9. The smallest absolute Gasteiger partial charge is 0.303 e. The Morgan fingerprint density at radius 2 is 2.00 bits per heavy atom. The predicted octanol–water partition coefficient (Wildman–Crippen LogP) is 2.64. The van der Waals surface area contributed by atoms with Crippen molar-refractivity contribution in [3.05, 3.63) is 52.3 Å². The van der Waals surface area contributed by atoms with Crippen LogP contribution < -0.4 is 0 Å². The van der Waals surface area contributed by atoms with Crippen LogP contribution in [0.5, 0.6) is 0 Å². The van der Waals surface area contributed by atoms with E-state index in [4.69, 9.17) is 5.11 Å². The highest BCUT2D eigenvalue weighted by atomic mass is 16.6. The summed E-state index contributed by atoms with van der Waals surface area (Å²) in [6.45, 7) is 0.603. The fraction of sp³-hybridized carbons (Fsp3) is 0.389. The summed E-state index contributed by atoms with van der Waals surface area (Å²) in [7, 11) is 0. The van der Waals surface area contributed by atoms with Crippen molar-refractivity contribution in [2.45, 2.75) is 38.1 Å². The molecular weight excluding hydrogens is 352 g/mol. The second-order valence-electron chi connectivity index (χ2n) is 6.53. The minimum absolute atomic E-state index is 0.0169. The molecule has 0 radical (unpaired) electrons. The van der Waals surface area contributed by atoms with E-state index in [1.165, 1.54) is 23.0 Å². The molecule has 0 bridgehead atoms. The van der Waals surface area contributed by atoms with Gasteiger partial charge in [0.05, 0.1) is 22.4 Å². The Morgan fingerprint density at radius 3 is 2.67 bits per heavy atom. The molecule has 3 rings (SSSR count). The molecule has 142 valence electrons. The highest BCUT2D eigenvalue weighted by Crippen LogP contribution is 2.23. The van der Waals surface area contributed by atoms with Gasteiger partial charge in [-0.2, -0.15) is 5.10 Å². The SMILES string of the molecule is O=C(O)CCC1CCCCN1C(=O)c1cnn(-c2ccc([N+](=O)[O-])cc2)c1. The van der Waals surface area contributed by atoms with Gasteiger partial charge in [-0.1, -0.05) is 0 Å². The van der Waals surface area contributed by atoms with Crippen molar-refractivity contribution in [3.63, 3.8) is 0 Å². The van der Waals surface area contributed by atoms with Crippen molar-refractivity contribution < 1.29 is 19.6 Å². The van der Waals surface area contributed by atoms with Crippen LogP contribution in [-0.4, -0.2) is 49.2 Å². The van der Waals surface area contributed by atoms with Gasteiger partial charge >= 0.3 is 5.97 Å². The van der Waals surface area contributed by atoms with Crippen molar-refractivity contribution in [3.8, 4) is 5.69 Å². The molecule has 1 saturated heterocycles. The molecule has 1 unspecified atom stereocenters. The van der Waals surface area contributed by atoms with Gasteiger partial charge in [0.1, 0.15) is 0 Å². The summed E-state index contributed by atoms with van der Waals surface area (Å²) >= 11 is 0. The van der Waals surface area contributed by atoms with E-state index >= 15 is 0 Å². The number of amides is 1. The molecule has 9 nitrogen and oxygen atoms in total. The van der Waals surface area contributed by atoms with Gasteiger partial charge in [-0.25, -0.2) is 4.68 Å². The maximum absolute atomic E-state index is 12.9. The number of carbonyl (C=O) groups is 2. The number of non-ortho nitro benzene ring substituents is 1. The summed E-state index contributed by atoms with van der Waals surface area (Å²) in [5.41, 5.74) is 1.01. The monoisotopic (exact) mass is 372 g/mol. The predicted molar refractivity (Wildman–Crippen MR) is 95.8 cm³/mol. The van der Waals surface area contributed by atoms with Gasteiger partial charge in [-0.3, -0.25) is 19.7 Å². The van der Waals surface area contributed by atoms with Crippen LogP contribution in [0.3, 0.4) is 0 Å². The van der Waals surface area contributed by atoms with Crippen molar-refractivity contribution in [1.82, 2.24) is 14.7 Å². The Balaban J connectivity index is 1.75. The van der Waals surface area contributed by atoms with Gasteiger partial charge in [0.2, 0.25) is 0 Å². The Hall–Kier alpha value is -3.23. The molecule has 1 amide bonds. The lowest BCUT2D eigenvalue weighted by molar-refractivity contribution is -0.384. The van der Waals surface area contributed by atoms with Crippen molar-refractivity contribution in [2.75, 3.05) is 6.54 Å². The molecule has 1 aliphatic heterocycles. The number of piperidine rings is 1. The molecule has 0 aliphatic carbocycles. The first-order valence-corrected chi connectivity index (χ1v) is 8.78. The van der Waals surface area contributed by atoms with Gasteiger partial charge in [-0.15, -0.1) is 0 Å². The first kappa shape index (κ1) is 18.6. The quantitative estimate of drug-likeness (QED) is 0.615. The van der Waals surface area contributed by atoms with Gasteiger partial charge in [0, 0.05) is 37.3 Å². The highest BCUT2D eigenvalue weighted by molar-refractivity contribution is 5.94. The first-order valence-electron chi connectivity index (χ1n) is 8.78. The van der Waals surface area contributed by atoms with Crippen LogP contribution in [0.25, 0.3) is 5.69 Å². The fourth-order valence-corrected chi connectivity index (χ4v) is 3.33. The summed E-state index contributed by atoms with van der Waals surface area (Å²) in [6, 6.07) is 5.81. The number of aliphatic carboxylic acids is 1. The molecule has 2 heterocycles. The number of aromatic nitrogens is 2. The molecule has 0 saturated carbocycles. The third kappa shape index (κ3) is 4.30. The lowest BCUT2D eigenvalue weighted by Crippen LogP contribution is -2.43. The van der Waals surface area contributed by atoms with Crippen LogP contribution >= 0.6 is 0 Å². The zero-order valence-electron chi connectivity index (χ0n) is 14.7. The van der Waals surface area contributed by atoms with Crippen molar-refractivity contribution >= 4 is 17.6 Å². The third-order valence-electron chi connectivity index (χ3n) is 4.73. The number of hydrogen-bond acceptors (Lipinski definition) is 5. The van der Waals surface area contributed by atoms with E-state index in [0.717, 1.165) is 19.3 Å². The number of hydrogen-bond donors (Lipinski definition) is 1. The van der Waals surface area contributed by atoms with E-state index in [1.54, 1.807) is 23.2 Å². The number of carboxylic acids is 1. The third-order valence-corrected chi connectivity index (χ3v) is 4.73. The maximum atomic E-state index is 12.9. The second kappa shape index (κ2) is 7.98. The summed E-state index contributed by atoms with van der Waals surface area (Å²) in [6.07, 6.45) is 6.21. The molecule has 2 aromatic rings. The molecule has 1 N–H and O–H groups in total. The Labute approximate surface area is 155 Å². The molecule has 0 spiro atoms. The molecule has 27 heavy (non-hydrogen) atoms. The van der Waals surface area contributed by atoms with E-state index in [9.17, 15) is 19.7 Å². The Morgan fingerprint density at radius 1 is 1.26 bits per heavy atom. The molecule has 1 atom stereocenters. The number of nitro groups is 1. The summed E-state index contributed by atoms with van der Waals surface area (Å²) < 4.78 is 1.49. The van der Waals surface area contributed by atoms with Gasteiger partial charge in [-0.05, 0) is 37.8 Å². The zero-order chi connectivity index (χ0) is 19.4. The number of nitrogens with zero attached hydrogens (tertiary/aromatic N) is 4. The first-order chi connectivity index (χ1) is 13.0. The van der Waals surface area contributed by atoms with Crippen LogP contribution in [0.1, 0.15) is 42.5 Å². The van der Waals surface area contributed by atoms with Crippen LogP contribution in [0.2, 0.25) is 0 Å². The number of carbonyl (C=O) groups excluding carboxylic acids is 1.